The number of amides is 1. The Morgan fingerprint density at radius 3 is 2.53 bits per heavy atom. The molecule has 1 aromatic carbocycles. The molecule has 1 saturated heterocycles. The van der Waals surface area contributed by atoms with Crippen LogP contribution in [0.15, 0.2) is 30.5 Å². The lowest BCUT2D eigenvalue weighted by Crippen LogP contribution is -2.41. The van der Waals surface area contributed by atoms with Crippen LogP contribution in [0.4, 0.5) is 5.13 Å². The summed E-state index contributed by atoms with van der Waals surface area (Å²) in [7, 11) is 0. The van der Waals surface area contributed by atoms with Crippen LogP contribution in [0.3, 0.4) is 0 Å². The molecule has 1 aliphatic heterocycles. The van der Waals surface area contributed by atoms with Crippen LogP contribution in [0.25, 0.3) is 0 Å². The molecular weight excluding hydrogens is 410 g/mol. The number of carbonyl (C=O) groups excluding carboxylic acids is 2. The number of esters is 1. The van der Waals surface area contributed by atoms with Gasteiger partial charge in [0.25, 0.3) is 0 Å². The number of anilines is 1. The number of nitrogen functional groups attached to an aromatic ring is 1. The highest BCUT2D eigenvalue weighted by atomic mass is 32.1. The zero-order valence-corrected chi connectivity index (χ0v) is 16.8. The number of benzene rings is 1. The quantitative estimate of drug-likeness (QED) is 0.219. The number of amidine groups is 1. The second-order valence-corrected chi connectivity index (χ2v) is 7.72. The fourth-order valence-electron chi connectivity index (χ4n) is 3.01. The van der Waals surface area contributed by atoms with E-state index < -0.39 is 11.9 Å². The fourth-order valence-corrected chi connectivity index (χ4v) is 3.85. The molecule has 0 aliphatic carbocycles. The number of hydrogen-bond donors (Lipinski definition) is 4. The number of nitrogens with two attached hydrogens (primary N) is 1. The van der Waals surface area contributed by atoms with Gasteiger partial charge in [0.2, 0.25) is 5.91 Å². The molecule has 0 bridgehead atoms. The van der Waals surface area contributed by atoms with E-state index in [0.717, 1.165) is 0 Å². The number of carbonyl (C=O) groups is 3. The molecule has 1 aliphatic rings. The molecule has 11 heteroatoms. The molecule has 0 unspecified atom stereocenters. The summed E-state index contributed by atoms with van der Waals surface area (Å²) in [4.78, 5) is 41.5. The molecule has 1 fully saturated rings. The van der Waals surface area contributed by atoms with Crippen molar-refractivity contribution >= 4 is 40.1 Å². The molecule has 1 aromatic heterocycles. The lowest BCUT2D eigenvalue weighted by atomic mass is 9.96. The van der Waals surface area contributed by atoms with E-state index in [1.165, 1.54) is 17.5 Å². The molecule has 10 nitrogen and oxygen atoms in total. The van der Waals surface area contributed by atoms with Crippen molar-refractivity contribution in [3.05, 3.63) is 40.9 Å². The topological polar surface area (TPSA) is 159 Å². The predicted molar refractivity (Wildman–Crippen MR) is 110 cm³/mol. The van der Waals surface area contributed by atoms with E-state index in [1.54, 1.807) is 24.3 Å². The maximum atomic E-state index is 12.4. The molecule has 158 valence electrons. The molecule has 2 heterocycles. The Morgan fingerprint density at radius 2 is 1.93 bits per heavy atom. The molecule has 3 rings (SSSR count). The maximum absolute atomic E-state index is 12.4. The largest absolute Gasteiger partial charge is 0.480 e. The maximum Gasteiger partial charge on any atom is 0.355 e. The van der Waals surface area contributed by atoms with E-state index in [2.05, 4.69) is 10.3 Å². The van der Waals surface area contributed by atoms with E-state index in [4.69, 9.17) is 21.0 Å². The van der Waals surface area contributed by atoms with Crippen molar-refractivity contribution in [2.24, 2.45) is 11.7 Å². The first kappa shape index (κ1) is 21.2. The summed E-state index contributed by atoms with van der Waals surface area (Å²) in [5, 5.41) is 19.1. The van der Waals surface area contributed by atoms with Gasteiger partial charge in [0.05, 0.1) is 6.20 Å². The minimum Gasteiger partial charge on any atom is -0.480 e. The number of carboxylic acid groups (broad SMARTS) is 1. The highest BCUT2D eigenvalue weighted by molar-refractivity contribution is 7.17. The Balaban J connectivity index is 1.53. The molecule has 2 aromatic rings. The molecule has 0 saturated carbocycles. The van der Waals surface area contributed by atoms with E-state index >= 15 is 0 Å². The van der Waals surface area contributed by atoms with Gasteiger partial charge >= 0.3 is 11.9 Å². The molecule has 1 amide bonds. The summed E-state index contributed by atoms with van der Waals surface area (Å²) in [6, 6.07) is 6.33. The van der Waals surface area contributed by atoms with Gasteiger partial charge < -0.3 is 25.8 Å². The summed E-state index contributed by atoms with van der Waals surface area (Å²) in [5.74, 6) is -1.81. The second-order valence-electron chi connectivity index (χ2n) is 6.71. The normalized spacial score (nSPS) is 14.2. The Bertz CT molecular complexity index is 950. The first-order valence-electron chi connectivity index (χ1n) is 9.20. The smallest absolute Gasteiger partial charge is 0.355 e. The van der Waals surface area contributed by atoms with Crippen molar-refractivity contribution in [2.75, 3.05) is 24.5 Å². The minimum atomic E-state index is -1.07. The number of carboxylic acids is 1. The van der Waals surface area contributed by atoms with Gasteiger partial charge in [-0.15, -0.1) is 0 Å². The molecule has 0 radical (unpaired) electrons. The highest BCUT2D eigenvalue weighted by Gasteiger charge is 2.27. The summed E-state index contributed by atoms with van der Waals surface area (Å²) in [6.07, 6.45) is 2.61. The Kier molecular flexibility index (Phi) is 6.62. The van der Waals surface area contributed by atoms with Crippen LogP contribution in [0, 0.1) is 11.3 Å². The average Bonchev–Trinajstić information content (AvgIpc) is 3.23. The third-order valence-corrected chi connectivity index (χ3v) is 5.66. The van der Waals surface area contributed by atoms with Crippen LogP contribution in [-0.4, -0.2) is 53.4 Å². The summed E-state index contributed by atoms with van der Waals surface area (Å²) >= 11 is 1.21. The van der Waals surface area contributed by atoms with Gasteiger partial charge in [-0.1, -0.05) is 11.3 Å². The van der Waals surface area contributed by atoms with E-state index in [0.29, 0.717) is 47.3 Å². The number of hydrogen-bond acceptors (Lipinski definition) is 8. The van der Waals surface area contributed by atoms with Gasteiger partial charge in [0.1, 0.15) is 23.0 Å². The number of nitrogens with one attached hydrogen (secondary N) is 2. The molecule has 30 heavy (non-hydrogen) atoms. The zero-order chi connectivity index (χ0) is 21.7. The third-order valence-electron chi connectivity index (χ3n) is 4.62. The lowest BCUT2D eigenvalue weighted by molar-refractivity contribution is -0.138. The van der Waals surface area contributed by atoms with E-state index in [1.807, 2.05) is 4.90 Å². The van der Waals surface area contributed by atoms with E-state index in [9.17, 15) is 14.4 Å². The Labute approximate surface area is 176 Å². The van der Waals surface area contributed by atoms with Crippen LogP contribution in [0.2, 0.25) is 0 Å². The summed E-state index contributed by atoms with van der Waals surface area (Å²) in [6.45, 7) is 0.786. The Hall–Kier alpha value is -3.47. The summed E-state index contributed by atoms with van der Waals surface area (Å²) in [5.41, 5.74) is 5.94. The lowest BCUT2D eigenvalue weighted by Gasteiger charge is -2.30. The van der Waals surface area contributed by atoms with Crippen LogP contribution < -0.4 is 20.7 Å². The van der Waals surface area contributed by atoms with Gasteiger partial charge in [-0.25, -0.2) is 9.78 Å². The van der Waals surface area contributed by atoms with Crippen LogP contribution >= 0.6 is 11.3 Å². The number of aromatic nitrogens is 1. The molecule has 0 spiro atoms. The number of rotatable bonds is 7. The van der Waals surface area contributed by atoms with Gasteiger partial charge in [-0.3, -0.25) is 15.0 Å². The molecule has 0 atom stereocenters. The van der Waals surface area contributed by atoms with Crippen molar-refractivity contribution in [1.29, 1.82) is 5.41 Å². The van der Waals surface area contributed by atoms with Crippen molar-refractivity contribution in [1.82, 2.24) is 10.3 Å². The van der Waals surface area contributed by atoms with Crippen molar-refractivity contribution < 1.29 is 24.2 Å². The van der Waals surface area contributed by atoms with Gasteiger partial charge in [0, 0.05) is 24.6 Å². The molecule has 5 N–H and O–H groups in total. The second kappa shape index (κ2) is 9.35. The standard InChI is InChI=1S/C19H21N5O5S/c20-16(21)11-1-3-13(4-2-11)29-18(28)14-9-23-19(30-14)24-7-5-12(6-8-24)17(27)22-10-15(25)26/h1-4,9,12H,5-8,10H2,(H3,20,21)(H,22,27)(H,25,26). The minimum absolute atomic E-state index is 0.0666. The Morgan fingerprint density at radius 1 is 1.27 bits per heavy atom. The van der Waals surface area contributed by atoms with Crippen LogP contribution in [0.5, 0.6) is 5.75 Å². The number of thiazole rings is 1. The van der Waals surface area contributed by atoms with Crippen molar-refractivity contribution in [2.45, 2.75) is 12.8 Å². The van der Waals surface area contributed by atoms with Crippen LogP contribution in [-0.2, 0) is 9.59 Å². The predicted octanol–water partition coefficient (Wildman–Crippen LogP) is 1.06. The van der Waals surface area contributed by atoms with Crippen LogP contribution in [0.1, 0.15) is 28.1 Å². The van der Waals surface area contributed by atoms with Crippen molar-refractivity contribution in [3.8, 4) is 5.75 Å². The molecular formula is C19H21N5O5S. The number of nitrogens with zero attached hydrogens (tertiary/aromatic N) is 2. The first-order valence-corrected chi connectivity index (χ1v) is 10.0. The third kappa shape index (κ3) is 5.32. The van der Waals surface area contributed by atoms with Crippen molar-refractivity contribution in [3.63, 3.8) is 0 Å². The number of aliphatic carboxylic acids is 1. The van der Waals surface area contributed by atoms with Gasteiger partial charge in [-0.05, 0) is 37.1 Å². The average molecular weight is 431 g/mol. The number of ether oxygens (including phenoxy) is 1. The van der Waals surface area contributed by atoms with Gasteiger partial charge in [0.15, 0.2) is 5.13 Å². The monoisotopic (exact) mass is 431 g/mol. The zero-order valence-electron chi connectivity index (χ0n) is 16.0. The summed E-state index contributed by atoms with van der Waals surface area (Å²) < 4.78 is 5.33. The van der Waals surface area contributed by atoms with E-state index in [-0.39, 0.29) is 24.2 Å². The SMILES string of the molecule is N=C(N)c1ccc(OC(=O)c2cnc(N3CCC(C(=O)NCC(=O)O)CC3)s2)cc1. The number of piperidine rings is 1. The first-order chi connectivity index (χ1) is 14.3. The highest BCUT2D eigenvalue weighted by Crippen LogP contribution is 2.28. The van der Waals surface area contributed by atoms with Gasteiger partial charge in [-0.2, -0.15) is 0 Å². The fraction of sp³-hybridized carbons (Fsp3) is 0.316.